The van der Waals surface area contributed by atoms with Gasteiger partial charge in [-0.2, -0.15) is 0 Å². The van der Waals surface area contributed by atoms with Crippen molar-refractivity contribution in [2.45, 2.75) is 32.1 Å². The number of ketones is 1. The van der Waals surface area contributed by atoms with Crippen molar-refractivity contribution in [2.24, 2.45) is 0 Å². The minimum Gasteiger partial charge on any atom is -0.469 e. The van der Waals surface area contributed by atoms with Crippen molar-refractivity contribution >= 4 is 38.8 Å². The number of hydrogen-bond acceptors (Lipinski definition) is 6. The number of furan rings is 1. The molecule has 1 aliphatic rings. The molecule has 0 amide bonds. The normalized spacial score (nSPS) is 15.7. The lowest BCUT2D eigenvalue weighted by Gasteiger charge is -2.20. The van der Waals surface area contributed by atoms with Crippen molar-refractivity contribution in [3.8, 4) is 5.13 Å². The molecule has 0 spiro atoms. The fourth-order valence-electron chi connectivity index (χ4n) is 4.45. The van der Waals surface area contributed by atoms with E-state index in [9.17, 15) is 4.79 Å². The van der Waals surface area contributed by atoms with E-state index in [1.165, 1.54) is 5.56 Å². The van der Waals surface area contributed by atoms with Gasteiger partial charge in [-0.1, -0.05) is 42.5 Å². The van der Waals surface area contributed by atoms with Crippen molar-refractivity contribution in [3.63, 3.8) is 0 Å². The fourth-order valence-corrected chi connectivity index (χ4v) is 5.39. The second-order valence-electron chi connectivity index (χ2n) is 8.27. The number of nitrogens with one attached hydrogen (secondary N) is 1. The molecule has 5 aromatic rings. The van der Waals surface area contributed by atoms with Crippen LogP contribution in [-0.2, 0) is 12.8 Å². The van der Waals surface area contributed by atoms with Crippen LogP contribution < -0.4 is 5.32 Å². The van der Waals surface area contributed by atoms with Crippen molar-refractivity contribution in [1.29, 1.82) is 0 Å². The van der Waals surface area contributed by atoms with Crippen LogP contribution in [0.2, 0.25) is 0 Å². The third kappa shape index (κ3) is 3.54. The Hall–Kier alpha value is -3.71. The van der Waals surface area contributed by atoms with Crippen molar-refractivity contribution in [1.82, 2.24) is 14.8 Å². The van der Waals surface area contributed by atoms with Gasteiger partial charge < -0.3 is 9.73 Å². The Labute approximate surface area is 194 Å². The summed E-state index contributed by atoms with van der Waals surface area (Å²) >= 11 is 1.57. The first-order valence-corrected chi connectivity index (χ1v) is 11.9. The monoisotopic (exact) mass is 454 g/mol. The van der Waals surface area contributed by atoms with Gasteiger partial charge in [0.15, 0.2) is 11.6 Å². The minimum atomic E-state index is -0.0125. The Morgan fingerprint density at radius 1 is 1.09 bits per heavy atom. The maximum atomic E-state index is 13.4. The second kappa shape index (κ2) is 8.01. The molecule has 3 heterocycles. The number of thiazole rings is 1. The number of rotatable bonds is 5. The molecule has 0 fully saturated rings. The summed E-state index contributed by atoms with van der Waals surface area (Å²) in [6.45, 7) is 2.13. The van der Waals surface area contributed by atoms with Gasteiger partial charge in [0.05, 0.1) is 27.7 Å². The summed E-state index contributed by atoms with van der Waals surface area (Å²) in [6.07, 6.45) is 3.70. The number of fused-ring (bicyclic) bond motifs is 2. The molecule has 1 unspecified atom stereocenters. The van der Waals surface area contributed by atoms with Gasteiger partial charge in [-0.15, -0.1) is 5.10 Å². The molecule has 0 radical (unpaired) electrons. The molecular formula is C26H22N4O2S. The summed E-state index contributed by atoms with van der Waals surface area (Å²) < 4.78 is 8.58. The van der Waals surface area contributed by atoms with Gasteiger partial charge in [0.1, 0.15) is 5.76 Å². The first kappa shape index (κ1) is 19.9. The number of hydrogen-bond donors (Lipinski definition) is 1. The number of nitrogens with zero attached hydrogens (tertiary/aromatic N) is 3. The molecule has 0 saturated heterocycles. The lowest BCUT2D eigenvalue weighted by atomic mass is 9.85. The van der Waals surface area contributed by atoms with Gasteiger partial charge in [-0.05, 0) is 48.4 Å². The number of aromatic nitrogens is 3. The molecule has 6 rings (SSSR count). The SMILES string of the molecule is CCc1ccc(Nc2nn(-c3nc4ccccc4s3)c3c2C(=O)CC(c2ccco2)C3)cc1. The zero-order valence-corrected chi connectivity index (χ0v) is 18.9. The van der Waals surface area contributed by atoms with Crippen molar-refractivity contribution in [3.05, 3.63) is 89.5 Å². The predicted molar refractivity (Wildman–Crippen MR) is 130 cm³/mol. The maximum Gasteiger partial charge on any atom is 0.211 e. The van der Waals surface area contributed by atoms with Gasteiger partial charge in [-0.25, -0.2) is 9.67 Å². The second-order valence-corrected chi connectivity index (χ2v) is 9.27. The molecule has 1 aliphatic carbocycles. The number of para-hydroxylation sites is 1. The van der Waals surface area contributed by atoms with Gasteiger partial charge in [-0.3, -0.25) is 4.79 Å². The highest BCUT2D eigenvalue weighted by atomic mass is 32.1. The molecule has 3 aromatic heterocycles. The molecule has 33 heavy (non-hydrogen) atoms. The topological polar surface area (TPSA) is 73.0 Å². The molecule has 1 atom stereocenters. The zero-order chi connectivity index (χ0) is 22.4. The standard InChI is InChI=1S/C26H22N4O2S/c1-2-16-9-11-18(12-10-16)27-25-24-20(14-17(15-21(24)31)22-7-5-13-32-22)30(29-25)26-28-19-6-3-4-8-23(19)33-26/h3-13,17H,2,14-15H2,1H3,(H,27,29). The maximum absolute atomic E-state index is 13.4. The zero-order valence-electron chi connectivity index (χ0n) is 18.1. The highest BCUT2D eigenvalue weighted by Crippen LogP contribution is 2.39. The molecule has 7 heteroatoms. The van der Waals surface area contributed by atoms with Crippen LogP contribution in [-0.4, -0.2) is 20.5 Å². The summed E-state index contributed by atoms with van der Waals surface area (Å²) in [5.74, 6) is 1.46. The number of aryl methyl sites for hydroxylation is 1. The number of carbonyl (C=O) groups excluding carboxylic acids is 1. The summed E-state index contributed by atoms with van der Waals surface area (Å²) in [5.41, 5.74) is 4.62. The van der Waals surface area contributed by atoms with Crippen LogP contribution in [0.15, 0.2) is 71.3 Å². The van der Waals surface area contributed by atoms with E-state index in [1.807, 2.05) is 47.1 Å². The highest BCUT2D eigenvalue weighted by molar-refractivity contribution is 7.20. The quantitative estimate of drug-likeness (QED) is 0.338. The summed E-state index contributed by atoms with van der Waals surface area (Å²) in [6, 6.07) is 20.1. The van der Waals surface area contributed by atoms with Crippen LogP contribution in [0.5, 0.6) is 0 Å². The van der Waals surface area contributed by atoms with Crippen LogP contribution in [0, 0.1) is 0 Å². The van der Waals surface area contributed by atoms with E-state index in [0.29, 0.717) is 24.2 Å². The van der Waals surface area contributed by atoms with Crippen LogP contribution in [0.4, 0.5) is 11.5 Å². The number of carbonyl (C=O) groups is 1. The number of Topliss-reactive ketones (excluding diaryl/α,β-unsaturated/α-hetero) is 1. The van der Waals surface area contributed by atoms with Crippen LogP contribution in [0.25, 0.3) is 15.3 Å². The van der Waals surface area contributed by atoms with Gasteiger partial charge >= 0.3 is 0 Å². The Bertz CT molecular complexity index is 1410. The first-order valence-electron chi connectivity index (χ1n) is 11.1. The average molecular weight is 455 g/mol. The van der Waals surface area contributed by atoms with E-state index >= 15 is 0 Å². The molecule has 2 aromatic carbocycles. The van der Waals surface area contributed by atoms with Gasteiger partial charge in [0.2, 0.25) is 5.13 Å². The Kier molecular flexibility index (Phi) is 4.84. The lowest BCUT2D eigenvalue weighted by molar-refractivity contribution is 0.0960. The van der Waals surface area contributed by atoms with Crippen LogP contribution in [0.1, 0.15) is 46.6 Å². The van der Waals surface area contributed by atoms with Crippen molar-refractivity contribution < 1.29 is 9.21 Å². The van der Waals surface area contributed by atoms with Crippen molar-refractivity contribution in [2.75, 3.05) is 5.32 Å². The fraction of sp³-hybridized carbons (Fsp3) is 0.192. The third-order valence-electron chi connectivity index (χ3n) is 6.17. The summed E-state index contributed by atoms with van der Waals surface area (Å²) in [4.78, 5) is 18.2. The van der Waals surface area contributed by atoms with Gasteiger partial charge in [0.25, 0.3) is 0 Å². The average Bonchev–Trinajstić information content (AvgIpc) is 3.58. The Morgan fingerprint density at radius 2 is 1.94 bits per heavy atom. The van der Waals surface area contributed by atoms with E-state index in [2.05, 4.69) is 30.4 Å². The predicted octanol–water partition coefficient (Wildman–Crippen LogP) is 6.29. The minimum absolute atomic E-state index is 0.0125. The lowest BCUT2D eigenvalue weighted by Crippen LogP contribution is -2.20. The molecule has 164 valence electrons. The smallest absolute Gasteiger partial charge is 0.211 e. The van der Waals surface area contributed by atoms with Crippen LogP contribution >= 0.6 is 11.3 Å². The third-order valence-corrected chi connectivity index (χ3v) is 7.18. The van der Waals surface area contributed by atoms with Crippen LogP contribution in [0.3, 0.4) is 0 Å². The molecule has 0 bridgehead atoms. The first-order chi connectivity index (χ1) is 16.2. The Morgan fingerprint density at radius 3 is 2.70 bits per heavy atom. The largest absolute Gasteiger partial charge is 0.469 e. The number of benzene rings is 2. The van der Waals surface area contributed by atoms with Gasteiger partial charge in [0, 0.05) is 24.4 Å². The summed E-state index contributed by atoms with van der Waals surface area (Å²) in [7, 11) is 0. The highest BCUT2D eigenvalue weighted by Gasteiger charge is 2.35. The van der Waals surface area contributed by atoms with E-state index in [1.54, 1.807) is 17.6 Å². The van der Waals surface area contributed by atoms with E-state index in [4.69, 9.17) is 14.5 Å². The number of anilines is 2. The Balaban J connectivity index is 1.46. The molecule has 1 N–H and O–H groups in total. The molecule has 0 aliphatic heterocycles. The molecule has 6 nitrogen and oxygen atoms in total. The van der Waals surface area contributed by atoms with E-state index in [0.717, 1.165) is 38.9 Å². The molecule has 0 saturated carbocycles. The molecular weight excluding hydrogens is 432 g/mol. The summed E-state index contributed by atoms with van der Waals surface area (Å²) in [5, 5.41) is 9.01. The van der Waals surface area contributed by atoms with E-state index in [-0.39, 0.29) is 11.7 Å². The van der Waals surface area contributed by atoms with E-state index < -0.39 is 0 Å².